The number of amides is 2. The molecule has 0 bridgehead atoms. The van der Waals surface area contributed by atoms with Gasteiger partial charge in [0.2, 0.25) is 5.91 Å². The minimum absolute atomic E-state index is 0.0913. The Bertz CT molecular complexity index is 752. The van der Waals surface area contributed by atoms with Crippen molar-refractivity contribution in [1.82, 2.24) is 10.6 Å². The maximum Gasteiger partial charge on any atom is 0.251 e. The number of carbonyl (C=O) groups excluding carboxylic acids is 2. The number of nitrogens with one attached hydrogen (secondary N) is 2. The molecule has 0 radical (unpaired) electrons. The van der Waals surface area contributed by atoms with E-state index in [0.29, 0.717) is 0 Å². The second kappa shape index (κ2) is 9.18. The Balaban J connectivity index is 2.94. The van der Waals surface area contributed by atoms with Crippen molar-refractivity contribution in [3.8, 4) is 12.3 Å². The second-order valence-electron chi connectivity index (χ2n) is 5.93. The number of rotatable bonds is 8. The van der Waals surface area contributed by atoms with Crippen LogP contribution in [0.1, 0.15) is 24.2 Å². The lowest BCUT2D eigenvalue weighted by Gasteiger charge is -2.18. The van der Waals surface area contributed by atoms with E-state index in [0.717, 1.165) is 12.1 Å². The van der Waals surface area contributed by atoms with Crippen LogP contribution in [0.25, 0.3) is 0 Å². The van der Waals surface area contributed by atoms with Crippen LogP contribution in [0.4, 0.5) is 4.39 Å². The minimum Gasteiger partial charge on any atom is -0.343 e. The van der Waals surface area contributed by atoms with E-state index < -0.39 is 39.3 Å². The van der Waals surface area contributed by atoms with Crippen LogP contribution in [0.3, 0.4) is 0 Å². The fraction of sp³-hybridized carbons (Fsp3) is 0.412. The highest BCUT2D eigenvalue weighted by molar-refractivity contribution is 7.91. The first-order chi connectivity index (χ1) is 11.6. The van der Waals surface area contributed by atoms with E-state index in [-0.39, 0.29) is 23.8 Å². The van der Waals surface area contributed by atoms with Crippen molar-refractivity contribution in [2.24, 2.45) is 5.92 Å². The first-order valence-corrected chi connectivity index (χ1v) is 9.44. The molecule has 0 saturated heterocycles. The van der Waals surface area contributed by atoms with Gasteiger partial charge in [0.1, 0.15) is 11.9 Å². The fourth-order valence-corrected chi connectivity index (χ4v) is 4.01. The van der Waals surface area contributed by atoms with Crippen LogP contribution < -0.4 is 10.6 Å². The van der Waals surface area contributed by atoms with E-state index in [1.165, 1.54) is 12.1 Å². The van der Waals surface area contributed by atoms with Crippen LogP contribution in [0.2, 0.25) is 0 Å². The molecule has 1 aromatic carbocycles. The number of halogens is 1. The quantitative estimate of drug-likeness (QED) is 0.662. The average Bonchev–Trinajstić information content (AvgIpc) is 2.50. The molecule has 0 aliphatic carbocycles. The zero-order valence-corrected chi connectivity index (χ0v) is 14.9. The summed E-state index contributed by atoms with van der Waals surface area (Å²) in [4.78, 5) is 24.3. The summed E-state index contributed by atoms with van der Waals surface area (Å²) in [6.45, 7) is 3.39. The Morgan fingerprint density at radius 3 is 2.32 bits per heavy atom. The third kappa shape index (κ3) is 7.35. The van der Waals surface area contributed by atoms with E-state index in [1.807, 2.05) is 0 Å². The van der Waals surface area contributed by atoms with Crippen LogP contribution in [-0.4, -0.2) is 44.3 Å². The number of hydrogen-bond donors (Lipinski definition) is 2. The third-order valence-electron chi connectivity index (χ3n) is 3.10. The predicted molar refractivity (Wildman–Crippen MR) is 93.0 cm³/mol. The maximum absolute atomic E-state index is 12.9. The summed E-state index contributed by atoms with van der Waals surface area (Å²) < 4.78 is 37.3. The number of sulfone groups is 1. The highest BCUT2D eigenvalue weighted by Gasteiger charge is 2.27. The van der Waals surface area contributed by atoms with Crippen molar-refractivity contribution < 1.29 is 22.4 Å². The monoisotopic (exact) mass is 368 g/mol. The molecule has 1 rings (SSSR count). The predicted octanol–water partition coefficient (Wildman–Crippen LogP) is 0.744. The Hall–Kier alpha value is -2.40. The summed E-state index contributed by atoms with van der Waals surface area (Å²) in [5, 5.41) is 4.73. The van der Waals surface area contributed by atoms with E-state index >= 15 is 0 Å². The van der Waals surface area contributed by atoms with Crippen molar-refractivity contribution in [1.29, 1.82) is 0 Å². The van der Waals surface area contributed by atoms with Crippen LogP contribution in [0.15, 0.2) is 24.3 Å². The Labute approximate surface area is 147 Å². The smallest absolute Gasteiger partial charge is 0.251 e. The van der Waals surface area contributed by atoms with Crippen molar-refractivity contribution in [3.05, 3.63) is 35.6 Å². The normalized spacial score (nSPS) is 12.3. The molecule has 0 unspecified atom stereocenters. The Morgan fingerprint density at radius 2 is 1.80 bits per heavy atom. The summed E-state index contributed by atoms with van der Waals surface area (Å²) >= 11 is 0. The molecule has 0 fully saturated rings. The molecular weight excluding hydrogens is 347 g/mol. The number of terminal acetylenes is 1. The molecule has 0 spiro atoms. The lowest BCUT2D eigenvalue weighted by molar-refractivity contribution is -0.122. The van der Waals surface area contributed by atoms with Crippen molar-refractivity contribution >= 4 is 21.7 Å². The fourth-order valence-electron chi connectivity index (χ4n) is 2.12. The number of carbonyl (C=O) groups is 2. The Morgan fingerprint density at radius 1 is 1.20 bits per heavy atom. The van der Waals surface area contributed by atoms with Gasteiger partial charge in [0, 0.05) is 5.56 Å². The molecule has 25 heavy (non-hydrogen) atoms. The molecule has 0 heterocycles. The zero-order chi connectivity index (χ0) is 19.0. The molecule has 136 valence electrons. The van der Waals surface area contributed by atoms with Gasteiger partial charge in [-0.3, -0.25) is 9.59 Å². The van der Waals surface area contributed by atoms with Gasteiger partial charge in [-0.1, -0.05) is 19.8 Å². The molecule has 0 aliphatic heterocycles. The van der Waals surface area contributed by atoms with Gasteiger partial charge in [-0.15, -0.1) is 6.42 Å². The van der Waals surface area contributed by atoms with E-state index in [1.54, 1.807) is 13.8 Å². The number of hydrogen-bond acceptors (Lipinski definition) is 4. The SMILES string of the molecule is C#CCNC(=O)[C@H](CS(=O)(=O)CC(C)C)NC(=O)c1ccc(F)cc1. The number of benzene rings is 1. The van der Waals surface area contributed by atoms with Gasteiger partial charge in [0.25, 0.3) is 5.91 Å². The molecule has 0 aromatic heterocycles. The van der Waals surface area contributed by atoms with Crippen LogP contribution in [0.5, 0.6) is 0 Å². The van der Waals surface area contributed by atoms with Gasteiger partial charge in [-0.05, 0) is 30.2 Å². The highest BCUT2D eigenvalue weighted by Crippen LogP contribution is 2.06. The summed E-state index contributed by atoms with van der Waals surface area (Å²) in [5.41, 5.74) is 0.109. The Kier molecular flexibility index (Phi) is 7.58. The third-order valence-corrected chi connectivity index (χ3v) is 5.12. The lowest BCUT2D eigenvalue weighted by Crippen LogP contribution is -2.50. The van der Waals surface area contributed by atoms with Gasteiger partial charge in [0.15, 0.2) is 9.84 Å². The van der Waals surface area contributed by atoms with Gasteiger partial charge < -0.3 is 10.6 Å². The highest BCUT2D eigenvalue weighted by atomic mass is 32.2. The van der Waals surface area contributed by atoms with Gasteiger partial charge in [0.05, 0.1) is 18.1 Å². The van der Waals surface area contributed by atoms with Crippen LogP contribution >= 0.6 is 0 Å². The van der Waals surface area contributed by atoms with Crippen molar-refractivity contribution in [2.75, 3.05) is 18.1 Å². The van der Waals surface area contributed by atoms with Crippen LogP contribution in [-0.2, 0) is 14.6 Å². The summed E-state index contributed by atoms with van der Waals surface area (Å²) in [6, 6.07) is 3.37. The molecule has 6 nitrogen and oxygen atoms in total. The van der Waals surface area contributed by atoms with E-state index in [4.69, 9.17) is 6.42 Å². The molecule has 1 atom stereocenters. The molecule has 2 amide bonds. The van der Waals surface area contributed by atoms with Gasteiger partial charge in [-0.25, -0.2) is 12.8 Å². The summed E-state index contributed by atoms with van der Waals surface area (Å²) in [6.07, 6.45) is 5.07. The first-order valence-electron chi connectivity index (χ1n) is 7.62. The molecule has 0 aliphatic rings. The molecule has 1 aromatic rings. The molecule has 2 N–H and O–H groups in total. The largest absolute Gasteiger partial charge is 0.343 e. The lowest BCUT2D eigenvalue weighted by atomic mass is 10.2. The van der Waals surface area contributed by atoms with Gasteiger partial charge in [-0.2, -0.15) is 0 Å². The van der Waals surface area contributed by atoms with Crippen molar-refractivity contribution in [3.63, 3.8) is 0 Å². The van der Waals surface area contributed by atoms with E-state index in [2.05, 4.69) is 16.6 Å². The van der Waals surface area contributed by atoms with Crippen molar-refractivity contribution in [2.45, 2.75) is 19.9 Å². The molecule has 0 saturated carbocycles. The molecular formula is C17H21FN2O4S. The average molecular weight is 368 g/mol. The topological polar surface area (TPSA) is 92.3 Å². The summed E-state index contributed by atoms with van der Waals surface area (Å²) in [5.74, 6) is -0.462. The first kappa shape index (κ1) is 20.6. The second-order valence-corrected chi connectivity index (χ2v) is 8.08. The minimum atomic E-state index is -3.57. The molecule has 8 heteroatoms. The summed E-state index contributed by atoms with van der Waals surface area (Å²) in [7, 11) is -3.57. The zero-order valence-electron chi connectivity index (χ0n) is 14.1. The van der Waals surface area contributed by atoms with Crippen LogP contribution in [0, 0.1) is 24.1 Å². The standard InChI is InChI=1S/C17H21FN2O4S/c1-4-9-19-17(22)15(11-25(23,24)10-12(2)3)20-16(21)13-5-7-14(18)8-6-13/h1,5-8,12,15H,9-11H2,2-3H3,(H,19,22)(H,20,21)/t15-/m0/s1. The van der Waals surface area contributed by atoms with Gasteiger partial charge >= 0.3 is 0 Å². The van der Waals surface area contributed by atoms with E-state index in [9.17, 15) is 22.4 Å². The maximum atomic E-state index is 12.9.